The molecule has 0 aliphatic heterocycles. The molecule has 1 aliphatic rings. The molecule has 0 bridgehead atoms. The molecule has 0 unspecified atom stereocenters. The summed E-state index contributed by atoms with van der Waals surface area (Å²) < 4.78 is 28.6. The third kappa shape index (κ3) is 2.09. The Balaban J connectivity index is 2.20. The van der Waals surface area contributed by atoms with E-state index < -0.39 is 17.6 Å². The highest BCUT2D eigenvalue weighted by atomic mass is 79.9. The van der Waals surface area contributed by atoms with Gasteiger partial charge >= 0.3 is 5.97 Å². The fraction of sp³-hybridized carbons (Fsp3) is 0.250. The second kappa shape index (κ2) is 4.62. The quantitative estimate of drug-likeness (QED) is 0.870. The van der Waals surface area contributed by atoms with Gasteiger partial charge in [0.05, 0.1) is 10.2 Å². The van der Waals surface area contributed by atoms with Gasteiger partial charge in [-0.25, -0.2) is 18.3 Å². The van der Waals surface area contributed by atoms with Crippen LogP contribution in [0.5, 0.6) is 0 Å². The highest BCUT2D eigenvalue weighted by Crippen LogP contribution is 2.42. The maximum Gasteiger partial charge on any atom is 0.358 e. The minimum absolute atomic E-state index is 0.00899. The highest BCUT2D eigenvalue weighted by Gasteiger charge is 2.34. The third-order valence-corrected chi connectivity index (χ3v) is 3.70. The minimum Gasteiger partial charge on any atom is -0.476 e. The summed E-state index contributed by atoms with van der Waals surface area (Å²) >= 11 is 2.89. The summed E-state index contributed by atoms with van der Waals surface area (Å²) in [6.45, 7) is 0. The maximum absolute atomic E-state index is 14.0. The molecule has 0 amide bonds. The SMILES string of the molecule is O=C(O)c1nnn(-c2cc(F)c(Br)cc2F)c1C1CC1. The number of benzene rings is 1. The number of carboxylic acid groups (broad SMARTS) is 1. The van der Waals surface area contributed by atoms with Gasteiger partial charge in [0.25, 0.3) is 0 Å². The molecular weight excluding hydrogens is 336 g/mol. The van der Waals surface area contributed by atoms with Gasteiger partial charge in [-0.2, -0.15) is 0 Å². The van der Waals surface area contributed by atoms with Crippen LogP contribution in [0.2, 0.25) is 0 Å². The molecule has 8 heteroatoms. The van der Waals surface area contributed by atoms with E-state index in [1.54, 1.807) is 0 Å². The molecule has 1 aliphatic carbocycles. The number of halogens is 3. The van der Waals surface area contributed by atoms with Crippen molar-refractivity contribution in [1.82, 2.24) is 15.0 Å². The molecule has 1 aromatic carbocycles. The van der Waals surface area contributed by atoms with Gasteiger partial charge in [-0.3, -0.25) is 0 Å². The first-order chi connectivity index (χ1) is 9.49. The Labute approximate surface area is 120 Å². The van der Waals surface area contributed by atoms with Crippen LogP contribution in [0.15, 0.2) is 16.6 Å². The molecule has 5 nitrogen and oxygen atoms in total. The van der Waals surface area contributed by atoms with Crippen LogP contribution in [-0.2, 0) is 0 Å². The van der Waals surface area contributed by atoms with E-state index in [-0.39, 0.29) is 21.8 Å². The fourth-order valence-corrected chi connectivity index (χ4v) is 2.33. The summed E-state index contributed by atoms with van der Waals surface area (Å²) in [6.07, 6.45) is 1.57. The molecule has 0 radical (unpaired) electrons. The van der Waals surface area contributed by atoms with E-state index in [0.29, 0.717) is 5.69 Å². The van der Waals surface area contributed by atoms with E-state index in [2.05, 4.69) is 26.2 Å². The summed E-state index contributed by atoms with van der Waals surface area (Å²) in [5, 5.41) is 16.3. The van der Waals surface area contributed by atoms with Crippen LogP contribution in [0, 0.1) is 11.6 Å². The lowest BCUT2D eigenvalue weighted by atomic mass is 10.2. The van der Waals surface area contributed by atoms with Crippen molar-refractivity contribution in [3.8, 4) is 5.69 Å². The molecule has 20 heavy (non-hydrogen) atoms. The predicted octanol–water partition coefficient (Wildman–Crippen LogP) is 2.88. The van der Waals surface area contributed by atoms with Crippen LogP contribution in [-0.4, -0.2) is 26.1 Å². The lowest BCUT2D eigenvalue weighted by molar-refractivity contribution is 0.0689. The zero-order valence-electron chi connectivity index (χ0n) is 9.98. The maximum atomic E-state index is 14.0. The van der Waals surface area contributed by atoms with Crippen LogP contribution in [0.3, 0.4) is 0 Å². The van der Waals surface area contributed by atoms with Crippen molar-refractivity contribution in [2.45, 2.75) is 18.8 Å². The van der Waals surface area contributed by atoms with E-state index in [0.717, 1.165) is 29.7 Å². The molecule has 2 aromatic rings. The average Bonchev–Trinajstić information content (AvgIpc) is 3.12. The van der Waals surface area contributed by atoms with Crippen molar-refractivity contribution >= 4 is 21.9 Å². The normalized spacial score (nSPS) is 14.6. The second-order valence-corrected chi connectivity index (χ2v) is 5.39. The second-order valence-electron chi connectivity index (χ2n) is 4.53. The average molecular weight is 344 g/mol. The standard InChI is InChI=1S/C12H8BrF2N3O2/c13-6-3-8(15)9(4-7(6)14)18-11(5-1-2-5)10(12(19)20)16-17-18/h3-5H,1-2H2,(H,19,20). The van der Waals surface area contributed by atoms with Gasteiger partial charge in [0.15, 0.2) is 5.69 Å². The Kier molecular flexibility index (Phi) is 3.04. The first kappa shape index (κ1) is 13.2. The van der Waals surface area contributed by atoms with Crippen molar-refractivity contribution in [3.63, 3.8) is 0 Å². The molecule has 1 fully saturated rings. The van der Waals surface area contributed by atoms with E-state index in [1.807, 2.05) is 0 Å². The number of carboxylic acids is 1. The monoisotopic (exact) mass is 343 g/mol. The number of aromatic carboxylic acids is 1. The molecular formula is C12H8BrF2N3O2. The first-order valence-corrected chi connectivity index (χ1v) is 6.62. The van der Waals surface area contributed by atoms with Gasteiger partial charge in [0.1, 0.15) is 17.3 Å². The van der Waals surface area contributed by atoms with Crippen LogP contribution in [0.25, 0.3) is 5.69 Å². The molecule has 0 atom stereocenters. The molecule has 1 saturated carbocycles. The van der Waals surface area contributed by atoms with Crippen LogP contribution in [0.4, 0.5) is 8.78 Å². The molecule has 0 saturated heterocycles. The van der Waals surface area contributed by atoms with Gasteiger partial charge in [-0.05, 0) is 34.8 Å². The van der Waals surface area contributed by atoms with E-state index in [1.165, 1.54) is 0 Å². The van der Waals surface area contributed by atoms with Gasteiger partial charge in [-0.1, -0.05) is 5.21 Å². The number of hydrogen-bond donors (Lipinski definition) is 1. The Morgan fingerprint density at radius 3 is 2.65 bits per heavy atom. The van der Waals surface area contributed by atoms with Gasteiger partial charge in [0, 0.05) is 12.0 Å². The number of aromatic nitrogens is 3. The van der Waals surface area contributed by atoms with Crippen molar-refractivity contribution in [2.75, 3.05) is 0 Å². The molecule has 1 aromatic heterocycles. The number of nitrogens with zero attached hydrogens (tertiary/aromatic N) is 3. The van der Waals surface area contributed by atoms with E-state index in [9.17, 15) is 13.6 Å². The Morgan fingerprint density at radius 2 is 2.05 bits per heavy atom. The number of carbonyl (C=O) groups is 1. The summed E-state index contributed by atoms with van der Waals surface area (Å²) in [5.41, 5.74) is -0.0408. The number of hydrogen-bond acceptors (Lipinski definition) is 3. The van der Waals surface area contributed by atoms with Crippen LogP contribution >= 0.6 is 15.9 Å². The van der Waals surface area contributed by atoms with E-state index >= 15 is 0 Å². The lowest BCUT2D eigenvalue weighted by Crippen LogP contribution is -2.08. The summed E-state index contributed by atoms with van der Waals surface area (Å²) in [5.74, 6) is -2.61. The fourth-order valence-electron chi connectivity index (χ4n) is 2.02. The first-order valence-electron chi connectivity index (χ1n) is 5.83. The molecule has 3 rings (SSSR count). The van der Waals surface area contributed by atoms with Crippen molar-refractivity contribution in [3.05, 3.63) is 39.6 Å². The summed E-state index contributed by atoms with van der Waals surface area (Å²) in [4.78, 5) is 11.1. The highest BCUT2D eigenvalue weighted by molar-refractivity contribution is 9.10. The van der Waals surface area contributed by atoms with Gasteiger partial charge in [0.2, 0.25) is 0 Å². The lowest BCUT2D eigenvalue weighted by Gasteiger charge is -2.08. The minimum atomic E-state index is -1.23. The van der Waals surface area contributed by atoms with Crippen molar-refractivity contribution < 1.29 is 18.7 Å². The van der Waals surface area contributed by atoms with Crippen LogP contribution < -0.4 is 0 Å². The topological polar surface area (TPSA) is 68.0 Å². The molecule has 0 spiro atoms. The largest absolute Gasteiger partial charge is 0.476 e. The molecule has 1 heterocycles. The Hall–Kier alpha value is -1.83. The zero-order chi connectivity index (χ0) is 14.4. The zero-order valence-corrected chi connectivity index (χ0v) is 11.6. The summed E-state index contributed by atoms with van der Waals surface area (Å²) in [7, 11) is 0. The Bertz CT molecular complexity index is 713. The molecule has 104 valence electrons. The predicted molar refractivity (Wildman–Crippen MR) is 67.9 cm³/mol. The van der Waals surface area contributed by atoms with Gasteiger partial charge < -0.3 is 5.11 Å². The Morgan fingerprint density at radius 1 is 1.35 bits per heavy atom. The van der Waals surface area contributed by atoms with E-state index in [4.69, 9.17) is 5.11 Å². The summed E-state index contributed by atoms with van der Waals surface area (Å²) in [6, 6.07) is 1.94. The third-order valence-electron chi connectivity index (χ3n) is 3.09. The smallest absolute Gasteiger partial charge is 0.358 e. The molecule has 1 N–H and O–H groups in total. The van der Waals surface area contributed by atoms with Gasteiger partial charge in [-0.15, -0.1) is 5.10 Å². The van der Waals surface area contributed by atoms with Crippen molar-refractivity contribution in [1.29, 1.82) is 0 Å². The van der Waals surface area contributed by atoms with Crippen molar-refractivity contribution in [2.24, 2.45) is 0 Å². The van der Waals surface area contributed by atoms with Crippen LogP contribution in [0.1, 0.15) is 34.9 Å². The number of rotatable bonds is 3.